The highest BCUT2D eigenvalue weighted by molar-refractivity contribution is 5.85. The number of hydrogen-bond acceptors (Lipinski definition) is 6. The number of carbonyl (C=O) groups is 1. The van der Waals surface area contributed by atoms with Gasteiger partial charge in [-0.25, -0.2) is 19.4 Å². The molecule has 0 amide bonds. The number of ether oxygens (including phenoxy) is 1. The van der Waals surface area contributed by atoms with E-state index in [2.05, 4.69) is 20.4 Å². The van der Waals surface area contributed by atoms with Crippen molar-refractivity contribution in [3.8, 4) is 11.4 Å². The molecular weight excluding hydrogens is 363 g/mol. The Labute approximate surface area is 154 Å². The van der Waals surface area contributed by atoms with Crippen LogP contribution in [0.4, 0.5) is 19.0 Å². The molecule has 0 aromatic carbocycles. The van der Waals surface area contributed by atoms with Gasteiger partial charge in [-0.15, -0.1) is 5.10 Å². The molecule has 2 aromatic rings. The van der Waals surface area contributed by atoms with Gasteiger partial charge in [0.1, 0.15) is 17.8 Å². The number of pyridine rings is 1. The van der Waals surface area contributed by atoms with E-state index in [9.17, 15) is 18.0 Å². The second kappa shape index (κ2) is 8.19. The van der Waals surface area contributed by atoms with Gasteiger partial charge in [-0.3, -0.25) is 0 Å². The second-order valence-corrected chi connectivity index (χ2v) is 6.27. The molecule has 10 heteroatoms. The van der Waals surface area contributed by atoms with E-state index in [1.54, 1.807) is 27.7 Å². The normalized spacial score (nSPS) is 12.2. The number of aromatic nitrogens is 4. The molecule has 0 aliphatic carbocycles. The Morgan fingerprint density at radius 2 is 1.96 bits per heavy atom. The summed E-state index contributed by atoms with van der Waals surface area (Å²) in [6.45, 7) is 7.00. The number of nitrogens with zero attached hydrogens (tertiary/aromatic N) is 4. The van der Waals surface area contributed by atoms with Crippen LogP contribution in [0, 0.1) is 0 Å². The predicted octanol–water partition coefficient (Wildman–Crippen LogP) is 3.60. The zero-order valence-electron chi connectivity index (χ0n) is 15.3. The highest BCUT2D eigenvalue weighted by Crippen LogP contribution is 2.31. The lowest BCUT2D eigenvalue weighted by Crippen LogP contribution is -2.15. The number of rotatable bonds is 6. The molecule has 2 heterocycles. The first-order chi connectivity index (χ1) is 12.5. The van der Waals surface area contributed by atoms with Gasteiger partial charge < -0.3 is 10.1 Å². The van der Waals surface area contributed by atoms with E-state index >= 15 is 0 Å². The minimum atomic E-state index is -4.60. The first kappa shape index (κ1) is 20.4. The molecule has 0 atom stereocenters. The fourth-order valence-corrected chi connectivity index (χ4v) is 2.06. The van der Waals surface area contributed by atoms with Crippen LogP contribution in [0.3, 0.4) is 0 Å². The summed E-state index contributed by atoms with van der Waals surface area (Å²) in [5.41, 5.74) is -0.895. The second-order valence-electron chi connectivity index (χ2n) is 6.27. The van der Waals surface area contributed by atoms with Crippen molar-refractivity contribution in [1.29, 1.82) is 0 Å². The maximum absolute atomic E-state index is 13.1. The molecule has 0 aliphatic heterocycles. The molecule has 0 saturated heterocycles. The van der Waals surface area contributed by atoms with Crippen LogP contribution in [0.2, 0.25) is 0 Å². The summed E-state index contributed by atoms with van der Waals surface area (Å²) in [7, 11) is 0. The Hall–Kier alpha value is -2.91. The van der Waals surface area contributed by atoms with Crippen LogP contribution in [-0.2, 0) is 15.7 Å². The molecule has 2 rings (SSSR count). The number of halogens is 3. The van der Waals surface area contributed by atoms with Crippen molar-refractivity contribution in [2.24, 2.45) is 0 Å². The van der Waals surface area contributed by atoms with Crippen LogP contribution in [0.25, 0.3) is 17.6 Å². The van der Waals surface area contributed by atoms with Crippen molar-refractivity contribution in [3.63, 3.8) is 0 Å². The van der Waals surface area contributed by atoms with E-state index in [0.29, 0.717) is 0 Å². The zero-order valence-corrected chi connectivity index (χ0v) is 15.3. The Morgan fingerprint density at radius 1 is 1.26 bits per heavy atom. The van der Waals surface area contributed by atoms with E-state index in [-0.39, 0.29) is 29.4 Å². The number of nitrogens with one attached hydrogen (secondary N) is 1. The molecule has 2 aromatic heterocycles. The highest BCUT2D eigenvalue weighted by Gasteiger charge is 2.33. The van der Waals surface area contributed by atoms with Gasteiger partial charge in [0.15, 0.2) is 5.82 Å². The third-order valence-electron chi connectivity index (χ3n) is 3.03. The molecule has 7 nitrogen and oxygen atoms in total. The third kappa shape index (κ3) is 6.08. The van der Waals surface area contributed by atoms with Crippen LogP contribution >= 0.6 is 0 Å². The van der Waals surface area contributed by atoms with Gasteiger partial charge in [0, 0.05) is 23.9 Å². The monoisotopic (exact) mass is 383 g/mol. The van der Waals surface area contributed by atoms with Crippen molar-refractivity contribution < 1.29 is 22.7 Å². The smallest absolute Gasteiger partial charge is 0.433 e. The first-order valence-electron chi connectivity index (χ1n) is 8.20. The zero-order chi connectivity index (χ0) is 20.2. The van der Waals surface area contributed by atoms with E-state index in [0.717, 1.165) is 12.1 Å². The van der Waals surface area contributed by atoms with Crippen molar-refractivity contribution in [2.45, 2.75) is 46.0 Å². The summed E-state index contributed by atoms with van der Waals surface area (Å²) in [5.74, 6) is -0.424. The van der Waals surface area contributed by atoms with Crippen LogP contribution < -0.4 is 5.32 Å². The van der Waals surface area contributed by atoms with E-state index in [4.69, 9.17) is 4.74 Å². The third-order valence-corrected chi connectivity index (χ3v) is 3.03. The Kier molecular flexibility index (Phi) is 6.19. The summed E-state index contributed by atoms with van der Waals surface area (Å²) in [4.78, 5) is 19.1. The number of anilines is 1. The van der Waals surface area contributed by atoms with Gasteiger partial charge in [-0.2, -0.15) is 13.2 Å². The van der Waals surface area contributed by atoms with Gasteiger partial charge in [-0.1, -0.05) is 0 Å². The number of carbonyl (C=O) groups excluding carboxylic acids is 1. The Balaban J connectivity index is 2.31. The molecule has 0 spiro atoms. The summed E-state index contributed by atoms with van der Waals surface area (Å²) < 4.78 is 45.5. The molecule has 0 aliphatic rings. The molecular formula is C17H20F3N5O2. The molecule has 146 valence electrons. The SMILES string of the molecule is CC(C)Nc1cc(-c2ncn(/C=C/C(=O)OC(C)C)n2)cc(C(F)(F)F)n1. The minimum Gasteiger partial charge on any atom is -0.460 e. The van der Waals surface area contributed by atoms with Gasteiger partial charge >= 0.3 is 12.1 Å². The Morgan fingerprint density at radius 3 is 2.56 bits per heavy atom. The van der Waals surface area contributed by atoms with Gasteiger partial charge in [0.05, 0.1) is 6.10 Å². The highest BCUT2D eigenvalue weighted by atomic mass is 19.4. The van der Waals surface area contributed by atoms with Crippen LogP contribution in [0.1, 0.15) is 33.4 Å². The lowest BCUT2D eigenvalue weighted by atomic mass is 10.2. The maximum Gasteiger partial charge on any atom is 0.433 e. The minimum absolute atomic E-state index is 0.0663. The maximum atomic E-state index is 13.1. The quantitative estimate of drug-likeness (QED) is 0.606. The largest absolute Gasteiger partial charge is 0.460 e. The Bertz CT molecular complexity index is 828. The fourth-order valence-electron chi connectivity index (χ4n) is 2.06. The van der Waals surface area contributed by atoms with E-state index in [1.807, 2.05) is 0 Å². The molecule has 0 saturated carbocycles. The van der Waals surface area contributed by atoms with E-state index in [1.165, 1.54) is 23.3 Å². The van der Waals surface area contributed by atoms with Crippen LogP contribution in [-0.4, -0.2) is 37.9 Å². The first-order valence-corrected chi connectivity index (χ1v) is 8.20. The average molecular weight is 383 g/mol. The molecule has 1 N–H and O–H groups in total. The fraction of sp³-hybridized carbons (Fsp3) is 0.412. The van der Waals surface area contributed by atoms with Crippen molar-refractivity contribution >= 4 is 18.0 Å². The average Bonchev–Trinajstić information content (AvgIpc) is 2.99. The number of esters is 1. The molecule has 27 heavy (non-hydrogen) atoms. The standard InChI is InChI=1S/C17H20F3N5O2/c1-10(2)22-14-8-12(7-13(23-14)17(18,19)20)16-21-9-25(24-16)6-5-15(26)27-11(3)4/h5-11H,1-4H3,(H,22,23)/b6-5+. The van der Waals surface area contributed by atoms with Crippen LogP contribution in [0.5, 0.6) is 0 Å². The summed E-state index contributed by atoms with van der Waals surface area (Å²) in [5, 5.41) is 6.91. The van der Waals surface area contributed by atoms with Crippen molar-refractivity contribution in [2.75, 3.05) is 5.32 Å². The molecule has 0 unspecified atom stereocenters. The summed E-state index contributed by atoms with van der Waals surface area (Å²) in [6, 6.07) is 2.21. The predicted molar refractivity (Wildman–Crippen MR) is 93.6 cm³/mol. The summed E-state index contributed by atoms with van der Waals surface area (Å²) >= 11 is 0. The van der Waals surface area contributed by atoms with E-state index < -0.39 is 17.8 Å². The van der Waals surface area contributed by atoms with Gasteiger partial charge in [0.25, 0.3) is 0 Å². The lowest BCUT2D eigenvalue weighted by Gasteiger charge is -2.13. The summed E-state index contributed by atoms with van der Waals surface area (Å²) in [6.07, 6.45) is -1.14. The van der Waals surface area contributed by atoms with Crippen LogP contribution in [0.15, 0.2) is 24.5 Å². The van der Waals surface area contributed by atoms with Gasteiger partial charge in [-0.05, 0) is 39.8 Å². The molecule has 0 bridgehead atoms. The number of alkyl halides is 3. The van der Waals surface area contributed by atoms with Crippen molar-refractivity contribution in [3.05, 3.63) is 30.2 Å². The lowest BCUT2D eigenvalue weighted by molar-refractivity contribution is -0.142. The van der Waals surface area contributed by atoms with Gasteiger partial charge in [0.2, 0.25) is 0 Å². The van der Waals surface area contributed by atoms with Crippen molar-refractivity contribution in [1.82, 2.24) is 19.7 Å². The molecule has 0 radical (unpaired) electrons. The number of hydrogen-bond donors (Lipinski definition) is 1. The molecule has 0 fully saturated rings. The topological polar surface area (TPSA) is 81.9 Å².